The summed E-state index contributed by atoms with van der Waals surface area (Å²) >= 11 is 2.53. The lowest BCUT2D eigenvalue weighted by molar-refractivity contribution is -0.134. The van der Waals surface area contributed by atoms with Gasteiger partial charge in [-0.3, -0.25) is 9.59 Å². The number of oxime groups is 1. The van der Waals surface area contributed by atoms with Crippen LogP contribution in [0.5, 0.6) is 0 Å². The van der Waals surface area contributed by atoms with E-state index in [0.29, 0.717) is 17.2 Å². The Hall–Kier alpha value is -2.44. The normalized spacial score (nSPS) is 28.7. The number of ether oxygens (including phenoxy) is 1. The molecule has 1 aromatic rings. The number of carboxylic acid groups (broad SMARTS) is 1. The number of thioether (sulfide) groups is 1. The van der Waals surface area contributed by atoms with Crippen molar-refractivity contribution in [1.82, 2.24) is 10.3 Å². The molecule has 0 bridgehead atoms. The second-order valence-electron chi connectivity index (χ2n) is 7.05. The molecule has 0 aromatic carbocycles. The zero-order valence-corrected chi connectivity index (χ0v) is 17.6. The van der Waals surface area contributed by atoms with Crippen molar-refractivity contribution in [3.63, 3.8) is 0 Å². The number of Topliss-reactive ketones (excluding diaryl/α,β-unsaturated/α-hetero) is 1. The molecule has 1 amide bonds. The number of carbonyl (C=O) groups is 3. The Morgan fingerprint density at radius 1 is 1.47 bits per heavy atom. The molecular formula is C18H20N4O6S2. The Labute approximate surface area is 179 Å². The monoisotopic (exact) mass is 452 g/mol. The van der Waals surface area contributed by atoms with Crippen molar-refractivity contribution in [3.8, 4) is 0 Å². The van der Waals surface area contributed by atoms with Gasteiger partial charge in [0.1, 0.15) is 13.2 Å². The number of aromatic nitrogens is 1. The van der Waals surface area contributed by atoms with Crippen molar-refractivity contribution in [3.05, 3.63) is 22.2 Å². The summed E-state index contributed by atoms with van der Waals surface area (Å²) in [5.41, 5.74) is 5.97. The van der Waals surface area contributed by atoms with E-state index in [9.17, 15) is 19.5 Å². The molecule has 0 spiro atoms. The Balaban J connectivity index is 1.55. The molecule has 10 nitrogen and oxygen atoms in total. The molecule has 4 atom stereocenters. The summed E-state index contributed by atoms with van der Waals surface area (Å²) in [5.74, 6) is -1.91. The minimum absolute atomic E-state index is 0.0478. The summed E-state index contributed by atoms with van der Waals surface area (Å²) in [6.45, 7) is 0.605. The zero-order valence-electron chi connectivity index (χ0n) is 16.0. The average Bonchev–Trinajstić information content (AvgIpc) is 3.40. The van der Waals surface area contributed by atoms with Crippen LogP contribution in [-0.2, 0) is 24.0 Å². The van der Waals surface area contributed by atoms with Crippen molar-refractivity contribution in [2.75, 3.05) is 25.2 Å². The highest BCUT2D eigenvalue weighted by Crippen LogP contribution is 2.46. The van der Waals surface area contributed by atoms with Gasteiger partial charge in [0.2, 0.25) is 0 Å². The van der Waals surface area contributed by atoms with E-state index in [0.717, 1.165) is 24.2 Å². The summed E-state index contributed by atoms with van der Waals surface area (Å²) < 4.78 is 5.68. The third kappa shape index (κ3) is 3.59. The van der Waals surface area contributed by atoms with Crippen molar-refractivity contribution < 1.29 is 29.1 Å². The highest BCUT2D eigenvalue weighted by atomic mass is 32.2. The van der Waals surface area contributed by atoms with E-state index in [1.165, 1.54) is 25.1 Å². The van der Waals surface area contributed by atoms with Crippen molar-refractivity contribution in [2.45, 2.75) is 30.2 Å². The molecule has 0 radical (unpaired) electrons. The van der Waals surface area contributed by atoms with Crippen LogP contribution in [0, 0.1) is 5.92 Å². The molecule has 2 fully saturated rings. The number of anilines is 1. The topological polar surface area (TPSA) is 153 Å². The molecule has 30 heavy (non-hydrogen) atoms. The molecule has 3 heterocycles. The van der Waals surface area contributed by atoms with Gasteiger partial charge in [-0.1, -0.05) is 16.5 Å². The molecule has 4 rings (SSSR count). The fraction of sp³-hybridized carbons (Fsp3) is 0.500. The number of carbonyl (C=O) groups excluding carboxylic acids is 2. The number of carboxylic acids is 1. The molecule has 1 saturated carbocycles. The van der Waals surface area contributed by atoms with Gasteiger partial charge in [-0.15, -0.1) is 0 Å². The smallest absolute Gasteiger partial charge is 0.332 e. The highest BCUT2D eigenvalue weighted by molar-refractivity contribution is 8.00. The number of nitrogens with one attached hydrogen (secondary N) is 1. The van der Waals surface area contributed by atoms with Gasteiger partial charge in [0.05, 0.1) is 21.8 Å². The van der Waals surface area contributed by atoms with Gasteiger partial charge in [-0.25, -0.2) is 9.78 Å². The molecule has 12 heteroatoms. The third-order valence-corrected chi connectivity index (χ3v) is 7.59. The maximum Gasteiger partial charge on any atom is 0.332 e. The first kappa shape index (κ1) is 20.8. The van der Waals surface area contributed by atoms with Gasteiger partial charge in [-0.2, -0.15) is 11.8 Å². The Morgan fingerprint density at radius 2 is 2.27 bits per heavy atom. The van der Waals surface area contributed by atoms with Crippen LogP contribution < -0.4 is 11.1 Å². The van der Waals surface area contributed by atoms with Crippen LogP contribution in [0.15, 0.2) is 22.5 Å². The number of nitrogen functional groups attached to an aromatic ring is 1. The van der Waals surface area contributed by atoms with Gasteiger partial charge in [0, 0.05) is 30.0 Å². The summed E-state index contributed by atoms with van der Waals surface area (Å²) in [6, 6.07) is -0.829. The zero-order chi connectivity index (χ0) is 21.4. The van der Waals surface area contributed by atoms with Crippen molar-refractivity contribution in [2.24, 2.45) is 11.1 Å². The van der Waals surface area contributed by atoms with Gasteiger partial charge < -0.3 is 25.7 Å². The number of hydrogen-bond donors (Lipinski definition) is 3. The predicted molar refractivity (Wildman–Crippen MR) is 110 cm³/mol. The first-order chi connectivity index (χ1) is 14.4. The van der Waals surface area contributed by atoms with E-state index in [2.05, 4.69) is 15.5 Å². The molecule has 2 aliphatic heterocycles. The second-order valence-corrected chi connectivity index (χ2v) is 9.28. The van der Waals surface area contributed by atoms with Gasteiger partial charge in [-0.05, 0) is 12.8 Å². The van der Waals surface area contributed by atoms with Gasteiger partial charge in [0.15, 0.2) is 16.6 Å². The molecule has 1 unspecified atom stereocenters. The molecule has 4 N–H and O–H groups in total. The predicted octanol–water partition coefficient (Wildman–Crippen LogP) is 0.435. The summed E-state index contributed by atoms with van der Waals surface area (Å²) in [6.07, 6.45) is 2.88. The van der Waals surface area contributed by atoms with Crippen LogP contribution in [0.2, 0.25) is 0 Å². The van der Waals surface area contributed by atoms with Crippen LogP contribution in [0.3, 0.4) is 0 Å². The number of nitrogens with two attached hydrogens (primary N) is 1. The Bertz CT molecular complexity index is 952. The number of nitrogens with zero attached hydrogens (tertiary/aromatic N) is 2. The van der Waals surface area contributed by atoms with E-state index < -0.39 is 23.2 Å². The van der Waals surface area contributed by atoms with Gasteiger partial charge in [0.25, 0.3) is 5.91 Å². The standard InChI is InChI=1S/C18H20N4O6S2/c1-27-22-12(9-5-20-18(19)30-9)16(24)21-13-14(23)11-10(17(25)26)7(6-29-15(11)13)8-3-2-4-28-8/h5,7-8,13,15H,2-4,6H2,1H3,(H2,19,20)(H,21,24)(H,25,26)/t7?,8-,13+,15-/m0/s1. The van der Waals surface area contributed by atoms with E-state index in [4.69, 9.17) is 15.3 Å². The minimum atomic E-state index is -1.10. The summed E-state index contributed by atoms with van der Waals surface area (Å²) in [5, 5.41) is 16.0. The molecule has 1 aromatic heterocycles. The fourth-order valence-corrected chi connectivity index (χ4v) is 6.25. The molecule has 1 saturated heterocycles. The molecular weight excluding hydrogens is 432 g/mol. The Morgan fingerprint density at radius 3 is 2.87 bits per heavy atom. The van der Waals surface area contributed by atoms with E-state index in [1.54, 1.807) is 0 Å². The third-order valence-electron chi connectivity index (χ3n) is 5.34. The number of fused-ring (bicyclic) bond motifs is 1. The number of hydrogen-bond acceptors (Lipinski definition) is 10. The fourth-order valence-electron chi connectivity index (χ4n) is 4.00. The maximum atomic E-state index is 12.8. The summed E-state index contributed by atoms with van der Waals surface area (Å²) in [4.78, 5) is 46.6. The second kappa shape index (κ2) is 8.36. The molecule has 160 valence electrons. The van der Waals surface area contributed by atoms with E-state index >= 15 is 0 Å². The average molecular weight is 453 g/mol. The highest BCUT2D eigenvalue weighted by Gasteiger charge is 2.54. The van der Waals surface area contributed by atoms with E-state index in [-0.39, 0.29) is 39.8 Å². The SMILES string of the molecule is CON=C(C(=O)N[C@@H]1C(=O)C2=C(C(=O)O)C([C@@H]3CCCO3)CS[C@@H]21)c1cnc(N)s1. The van der Waals surface area contributed by atoms with Crippen LogP contribution >= 0.6 is 23.1 Å². The van der Waals surface area contributed by atoms with Crippen LogP contribution in [0.1, 0.15) is 17.7 Å². The minimum Gasteiger partial charge on any atom is -0.478 e. The van der Waals surface area contributed by atoms with Crippen molar-refractivity contribution in [1.29, 1.82) is 0 Å². The molecule has 3 aliphatic rings. The number of aliphatic carboxylic acids is 1. The maximum absolute atomic E-state index is 12.8. The van der Waals surface area contributed by atoms with Crippen LogP contribution in [0.4, 0.5) is 5.13 Å². The quantitative estimate of drug-likeness (QED) is 0.412. The van der Waals surface area contributed by atoms with Crippen LogP contribution in [0.25, 0.3) is 0 Å². The first-order valence-corrected chi connectivity index (χ1v) is 11.2. The van der Waals surface area contributed by atoms with Crippen molar-refractivity contribution >= 4 is 51.6 Å². The number of ketones is 1. The molecule has 1 aliphatic carbocycles. The largest absolute Gasteiger partial charge is 0.478 e. The van der Waals surface area contributed by atoms with Gasteiger partial charge >= 0.3 is 5.97 Å². The summed E-state index contributed by atoms with van der Waals surface area (Å²) in [7, 11) is 1.30. The number of amides is 1. The first-order valence-electron chi connectivity index (χ1n) is 9.30. The van der Waals surface area contributed by atoms with E-state index in [1.807, 2.05) is 0 Å². The lowest BCUT2D eigenvalue weighted by Crippen LogP contribution is -2.62. The number of thiazole rings is 1. The lowest BCUT2D eigenvalue weighted by atomic mass is 9.75. The number of rotatable bonds is 6. The van der Waals surface area contributed by atoms with Crippen LogP contribution in [-0.4, -0.2) is 70.3 Å². The Kier molecular flexibility index (Phi) is 5.80. The lowest BCUT2D eigenvalue weighted by Gasteiger charge is -2.44.